The SMILES string of the molecule is CCc1ccc(C2CCCCN2C(=O)c2n[nH]c3c2CNCC3)o1.Cl. The summed E-state index contributed by atoms with van der Waals surface area (Å²) in [5.41, 5.74) is 2.70. The normalized spacial score (nSPS) is 20.0. The number of hydrogen-bond donors (Lipinski definition) is 2. The van der Waals surface area contributed by atoms with Crippen LogP contribution in [0.1, 0.15) is 65.5 Å². The van der Waals surface area contributed by atoms with Crippen molar-refractivity contribution in [3.63, 3.8) is 0 Å². The molecule has 1 fully saturated rings. The van der Waals surface area contributed by atoms with E-state index in [0.717, 1.165) is 68.0 Å². The first-order chi connectivity index (χ1) is 11.8. The van der Waals surface area contributed by atoms with Crippen molar-refractivity contribution in [1.29, 1.82) is 0 Å². The maximum atomic E-state index is 13.2. The van der Waals surface area contributed by atoms with Crippen LogP contribution in [0.5, 0.6) is 0 Å². The van der Waals surface area contributed by atoms with Crippen molar-refractivity contribution in [3.05, 3.63) is 40.6 Å². The topological polar surface area (TPSA) is 74.2 Å². The van der Waals surface area contributed by atoms with E-state index in [1.54, 1.807) is 0 Å². The van der Waals surface area contributed by atoms with Crippen LogP contribution >= 0.6 is 12.4 Å². The number of amides is 1. The third-order valence-electron chi connectivity index (χ3n) is 5.13. The lowest BCUT2D eigenvalue weighted by Gasteiger charge is -2.34. The average molecular weight is 365 g/mol. The van der Waals surface area contributed by atoms with Gasteiger partial charge in [0.15, 0.2) is 5.69 Å². The highest BCUT2D eigenvalue weighted by atomic mass is 35.5. The molecule has 1 atom stereocenters. The molecule has 2 aliphatic heterocycles. The van der Waals surface area contributed by atoms with Crippen molar-refractivity contribution in [2.24, 2.45) is 0 Å². The van der Waals surface area contributed by atoms with Gasteiger partial charge in [-0.2, -0.15) is 5.10 Å². The zero-order valence-electron chi connectivity index (χ0n) is 14.5. The molecule has 2 N–H and O–H groups in total. The molecule has 0 aromatic carbocycles. The zero-order valence-corrected chi connectivity index (χ0v) is 15.3. The predicted molar refractivity (Wildman–Crippen MR) is 97.0 cm³/mol. The molecular weight excluding hydrogens is 340 g/mol. The molecule has 0 spiro atoms. The average Bonchev–Trinajstić information content (AvgIpc) is 3.28. The molecular formula is C18H25ClN4O2. The number of aromatic nitrogens is 2. The summed E-state index contributed by atoms with van der Waals surface area (Å²) in [5.74, 6) is 1.90. The summed E-state index contributed by atoms with van der Waals surface area (Å²) in [7, 11) is 0. The molecule has 1 amide bonds. The molecule has 0 radical (unpaired) electrons. The van der Waals surface area contributed by atoms with Crippen molar-refractivity contribution >= 4 is 18.3 Å². The quantitative estimate of drug-likeness (QED) is 0.878. The molecule has 4 rings (SSSR count). The first-order valence-corrected chi connectivity index (χ1v) is 8.94. The van der Waals surface area contributed by atoms with Crippen LogP contribution in [-0.2, 0) is 19.4 Å². The molecule has 1 saturated heterocycles. The zero-order chi connectivity index (χ0) is 16.5. The van der Waals surface area contributed by atoms with Gasteiger partial charge in [0, 0.05) is 43.7 Å². The van der Waals surface area contributed by atoms with Crippen molar-refractivity contribution < 1.29 is 9.21 Å². The smallest absolute Gasteiger partial charge is 0.275 e. The van der Waals surface area contributed by atoms with E-state index >= 15 is 0 Å². The molecule has 6 nitrogen and oxygen atoms in total. The molecule has 0 bridgehead atoms. The van der Waals surface area contributed by atoms with E-state index in [1.165, 1.54) is 0 Å². The number of furan rings is 1. The lowest BCUT2D eigenvalue weighted by molar-refractivity contribution is 0.0571. The number of piperidine rings is 1. The largest absolute Gasteiger partial charge is 0.464 e. The van der Waals surface area contributed by atoms with Gasteiger partial charge in [0.25, 0.3) is 5.91 Å². The van der Waals surface area contributed by atoms with Gasteiger partial charge in [0.05, 0.1) is 6.04 Å². The van der Waals surface area contributed by atoms with Crippen molar-refractivity contribution in [3.8, 4) is 0 Å². The first kappa shape index (κ1) is 18.0. The van der Waals surface area contributed by atoms with Gasteiger partial charge in [0.2, 0.25) is 0 Å². The van der Waals surface area contributed by atoms with Crippen LogP contribution in [-0.4, -0.2) is 34.1 Å². The number of likely N-dealkylation sites (tertiary alicyclic amines) is 1. The number of rotatable bonds is 3. The fraction of sp³-hybridized carbons (Fsp3) is 0.556. The number of nitrogens with one attached hydrogen (secondary N) is 2. The molecule has 2 aromatic heterocycles. The second-order valence-corrected chi connectivity index (χ2v) is 6.62. The van der Waals surface area contributed by atoms with Crippen LogP contribution < -0.4 is 5.32 Å². The number of carbonyl (C=O) groups is 1. The number of aryl methyl sites for hydroxylation is 1. The van der Waals surface area contributed by atoms with Crippen LogP contribution in [0.3, 0.4) is 0 Å². The third-order valence-corrected chi connectivity index (χ3v) is 5.13. The Kier molecular flexibility index (Phi) is 5.49. The number of aromatic amines is 1. The second-order valence-electron chi connectivity index (χ2n) is 6.62. The first-order valence-electron chi connectivity index (χ1n) is 8.94. The lowest BCUT2D eigenvalue weighted by Crippen LogP contribution is -2.39. The summed E-state index contributed by atoms with van der Waals surface area (Å²) in [6.07, 6.45) is 4.88. The Bertz CT molecular complexity index is 739. The summed E-state index contributed by atoms with van der Waals surface area (Å²) in [5, 5.41) is 10.7. The molecule has 1 unspecified atom stereocenters. The van der Waals surface area contributed by atoms with Crippen LogP contribution in [0.15, 0.2) is 16.5 Å². The summed E-state index contributed by atoms with van der Waals surface area (Å²) in [4.78, 5) is 15.1. The van der Waals surface area contributed by atoms with Gasteiger partial charge >= 0.3 is 0 Å². The van der Waals surface area contributed by atoms with E-state index in [4.69, 9.17) is 4.42 Å². The summed E-state index contributed by atoms with van der Waals surface area (Å²) in [6.45, 7) is 4.49. The highest BCUT2D eigenvalue weighted by molar-refractivity contribution is 5.94. The molecule has 0 saturated carbocycles. The standard InChI is InChI=1S/C18H24N4O2.ClH/c1-2-12-6-7-16(24-12)15-5-3-4-10-22(15)18(23)17-13-11-19-9-8-14(13)20-21-17;/h6-7,15,19H,2-5,8-11H2,1H3,(H,20,21);1H. The van der Waals surface area contributed by atoms with Gasteiger partial charge in [-0.3, -0.25) is 9.89 Å². The second kappa shape index (κ2) is 7.62. The molecule has 4 heterocycles. The highest BCUT2D eigenvalue weighted by Gasteiger charge is 2.33. The number of nitrogens with zero attached hydrogens (tertiary/aromatic N) is 2. The Hall–Kier alpha value is -1.79. The van der Waals surface area contributed by atoms with E-state index in [1.807, 2.05) is 17.0 Å². The summed E-state index contributed by atoms with van der Waals surface area (Å²) < 4.78 is 5.95. The minimum Gasteiger partial charge on any atom is -0.464 e. The molecule has 2 aliphatic rings. The van der Waals surface area contributed by atoms with Gasteiger partial charge in [-0.05, 0) is 31.4 Å². The van der Waals surface area contributed by atoms with E-state index in [2.05, 4.69) is 22.4 Å². The molecule has 136 valence electrons. The van der Waals surface area contributed by atoms with Crippen molar-refractivity contribution in [2.45, 2.75) is 51.6 Å². The molecule has 0 aliphatic carbocycles. The lowest BCUT2D eigenvalue weighted by atomic mass is 9.98. The summed E-state index contributed by atoms with van der Waals surface area (Å²) in [6, 6.07) is 4.07. The van der Waals surface area contributed by atoms with E-state index in [0.29, 0.717) is 12.2 Å². The summed E-state index contributed by atoms with van der Waals surface area (Å²) >= 11 is 0. The van der Waals surface area contributed by atoms with Gasteiger partial charge < -0.3 is 14.6 Å². The number of carbonyl (C=O) groups excluding carboxylic acids is 1. The minimum atomic E-state index is 0. The van der Waals surface area contributed by atoms with E-state index in [-0.39, 0.29) is 24.4 Å². The molecule has 25 heavy (non-hydrogen) atoms. The highest BCUT2D eigenvalue weighted by Crippen LogP contribution is 2.33. The van der Waals surface area contributed by atoms with Crippen LogP contribution in [0.2, 0.25) is 0 Å². The maximum Gasteiger partial charge on any atom is 0.275 e. The number of halogens is 1. The Morgan fingerprint density at radius 3 is 3.08 bits per heavy atom. The number of fused-ring (bicyclic) bond motifs is 1. The van der Waals surface area contributed by atoms with Crippen LogP contribution in [0.25, 0.3) is 0 Å². The molecule has 7 heteroatoms. The van der Waals surface area contributed by atoms with E-state index < -0.39 is 0 Å². The minimum absolute atomic E-state index is 0. The Morgan fingerprint density at radius 2 is 2.28 bits per heavy atom. The number of hydrogen-bond acceptors (Lipinski definition) is 4. The monoisotopic (exact) mass is 364 g/mol. The fourth-order valence-electron chi connectivity index (χ4n) is 3.77. The molecule has 2 aromatic rings. The predicted octanol–water partition coefficient (Wildman–Crippen LogP) is 3.00. The maximum absolute atomic E-state index is 13.2. The number of H-pyrrole nitrogens is 1. The van der Waals surface area contributed by atoms with Gasteiger partial charge in [-0.1, -0.05) is 6.92 Å². The van der Waals surface area contributed by atoms with Gasteiger partial charge in [-0.15, -0.1) is 12.4 Å². The van der Waals surface area contributed by atoms with Crippen LogP contribution in [0, 0.1) is 0 Å². The Balaban J connectivity index is 0.00000182. The van der Waals surface area contributed by atoms with Crippen LogP contribution in [0.4, 0.5) is 0 Å². The van der Waals surface area contributed by atoms with Crippen molar-refractivity contribution in [1.82, 2.24) is 20.4 Å². The fourth-order valence-corrected chi connectivity index (χ4v) is 3.77. The van der Waals surface area contributed by atoms with E-state index in [9.17, 15) is 4.79 Å². The van der Waals surface area contributed by atoms with Gasteiger partial charge in [0.1, 0.15) is 11.5 Å². The Morgan fingerprint density at radius 1 is 1.40 bits per heavy atom. The van der Waals surface area contributed by atoms with Gasteiger partial charge in [-0.25, -0.2) is 0 Å². The Labute approximate surface area is 153 Å². The van der Waals surface area contributed by atoms with Crippen molar-refractivity contribution in [2.75, 3.05) is 13.1 Å². The third kappa shape index (κ3) is 3.33.